The van der Waals surface area contributed by atoms with Gasteiger partial charge in [0.05, 0.1) is 22.6 Å². The molecule has 0 saturated heterocycles. The van der Waals surface area contributed by atoms with E-state index in [0.717, 1.165) is 25.0 Å². The van der Waals surface area contributed by atoms with Crippen LogP contribution in [0.4, 0.5) is 5.69 Å². The van der Waals surface area contributed by atoms with Crippen molar-refractivity contribution >= 4 is 50.4 Å². The first-order chi connectivity index (χ1) is 9.20. The quantitative estimate of drug-likeness (QED) is 0.440. The van der Waals surface area contributed by atoms with Crippen molar-refractivity contribution < 1.29 is 4.74 Å². The molecule has 0 aliphatic carbocycles. The Kier molecular flexibility index (Phi) is 5.21. The van der Waals surface area contributed by atoms with E-state index in [1.54, 1.807) is 13.3 Å². The third kappa shape index (κ3) is 3.94. The summed E-state index contributed by atoms with van der Waals surface area (Å²) in [7, 11) is 1.66. The number of anilines is 1. The molecule has 0 heterocycles. The molecule has 19 heavy (non-hydrogen) atoms. The molecule has 0 aromatic heterocycles. The van der Waals surface area contributed by atoms with Crippen LogP contribution in [0.15, 0.2) is 52.0 Å². The maximum Gasteiger partial charge on any atom is 0.141 e. The van der Waals surface area contributed by atoms with Crippen LogP contribution in [0.25, 0.3) is 0 Å². The van der Waals surface area contributed by atoms with E-state index in [0.29, 0.717) is 0 Å². The molecule has 0 spiro atoms. The lowest BCUT2D eigenvalue weighted by atomic mass is 10.2. The van der Waals surface area contributed by atoms with E-state index < -0.39 is 0 Å². The van der Waals surface area contributed by atoms with Crippen LogP contribution in [0.2, 0.25) is 0 Å². The van der Waals surface area contributed by atoms with Gasteiger partial charge in [-0.3, -0.25) is 5.43 Å². The molecule has 2 aromatic carbocycles. The standard InChI is InChI=1S/C14H12BrIN2O/c1-19-14-10(7-11(15)8-13(14)16)9-17-18-12-5-3-2-4-6-12/h2-9,18H,1H3. The summed E-state index contributed by atoms with van der Waals surface area (Å²) in [6.45, 7) is 0. The van der Waals surface area contributed by atoms with Gasteiger partial charge < -0.3 is 4.74 Å². The Bertz CT molecular complexity index is 587. The van der Waals surface area contributed by atoms with E-state index in [-0.39, 0.29) is 0 Å². The third-order valence-electron chi connectivity index (χ3n) is 2.41. The molecule has 1 N–H and O–H groups in total. The predicted octanol–water partition coefficient (Wildman–Crippen LogP) is 4.51. The van der Waals surface area contributed by atoms with Crippen molar-refractivity contribution in [1.82, 2.24) is 0 Å². The van der Waals surface area contributed by atoms with Gasteiger partial charge in [0.25, 0.3) is 0 Å². The number of hydrogen-bond acceptors (Lipinski definition) is 3. The van der Waals surface area contributed by atoms with Crippen molar-refractivity contribution in [3.63, 3.8) is 0 Å². The Morgan fingerprint density at radius 3 is 2.68 bits per heavy atom. The molecular weight excluding hydrogens is 419 g/mol. The first kappa shape index (κ1) is 14.3. The summed E-state index contributed by atoms with van der Waals surface area (Å²) in [6.07, 6.45) is 1.75. The van der Waals surface area contributed by atoms with Gasteiger partial charge in [-0.25, -0.2) is 0 Å². The number of hydrogen-bond donors (Lipinski definition) is 1. The number of ether oxygens (including phenoxy) is 1. The summed E-state index contributed by atoms with van der Waals surface area (Å²) in [5.74, 6) is 0.822. The Morgan fingerprint density at radius 1 is 1.26 bits per heavy atom. The summed E-state index contributed by atoms with van der Waals surface area (Å²) >= 11 is 5.71. The SMILES string of the molecule is COc1c(I)cc(Br)cc1C=NNc1ccccc1. The molecule has 0 aliphatic rings. The van der Waals surface area contributed by atoms with Gasteiger partial charge in [-0.2, -0.15) is 5.10 Å². The lowest BCUT2D eigenvalue weighted by Crippen LogP contribution is -1.96. The zero-order chi connectivity index (χ0) is 13.7. The molecule has 0 fully saturated rings. The second kappa shape index (κ2) is 6.91. The van der Waals surface area contributed by atoms with Crippen LogP contribution < -0.4 is 10.2 Å². The summed E-state index contributed by atoms with van der Waals surface area (Å²) in [6, 6.07) is 13.8. The monoisotopic (exact) mass is 430 g/mol. The van der Waals surface area contributed by atoms with Crippen LogP contribution in [0.3, 0.4) is 0 Å². The summed E-state index contributed by atoms with van der Waals surface area (Å²) in [5.41, 5.74) is 4.85. The van der Waals surface area contributed by atoms with Crippen LogP contribution in [-0.4, -0.2) is 13.3 Å². The summed E-state index contributed by atoms with van der Waals surface area (Å²) < 4.78 is 7.42. The van der Waals surface area contributed by atoms with E-state index in [4.69, 9.17) is 4.74 Å². The first-order valence-electron chi connectivity index (χ1n) is 5.58. The zero-order valence-electron chi connectivity index (χ0n) is 10.2. The maximum absolute atomic E-state index is 5.39. The predicted molar refractivity (Wildman–Crippen MR) is 91.1 cm³/mol. The molecule has 0 atom stereocenters. The molecule has 2 rings (SSSR count). The number of hydrazone groups is 1. The van der Waals surface area contributed by atoms with Gasteiger partial charge in [-0.15, -0.1) is 0 Å². The molecule has 0 amide bonds. The van der Waals surface area contributed by atoms with Gasteiger partial charge in [0.15, 0.2) is 0 Å². The molecule has 0 bridgehead atoms. The van der Waals surface area contributed by atoms with E-state index >= 15 is 0 Å². The molecule has 2 aromatic rings. The number of nitrogens with one attached hydrogen (secondary N) is 1. The van der Waals surface area contributed by atoms with Gasteiger partial charge in [0.2, 0.25) is 0 Å². The molecule has 0 aliphatic heterocycles. The molecule has 0 radical (unpaired) electrons. The first-order valence-corrected chi connectivity index (χ1v) is 7.45. The Hall–Kier alpha value is -1.08. The number of benzene rings is 2. The largest absolute Gasteiger partial charge is 0.495 e. The highest BCUT2D eigenvalue weighted by Gasteiger charge is 2.07. The fraction of sp³-hybridized carbons (Fsp3) is 0.0714. The lowest BCUT2D eigenvalue weighted by molar-refractivity contribution is 0.411. The second-order valence-electron chi connectivity index (χ2n) is 3.75. The van der Waals surface area contributed by atoms with Crippen LogP contribution in [0, 0.1) is 3.57 Å². The lowest BCUT2D eigenvalue weighted by Gasteiger charge is -2.08. The van der Waals surface area contributed by atoms with Gasteiger partial charge >= 0.3 is 0 Å². The number of methoxy groups -OCH3 is 1. The van der Waals surface area contributed by atoms with E-state index in [1.807, 2.05) is 42.5 Å². The number of rotatable bonds is 4. The minimum Gasteiger partial charge on any atom is -0.495 e. The average Bonchev–Trinajstić information content (AvgIpc) is 2.39. The summed E-state index contributed by atoms with van der Waals surface area (Å²) in [4.78, 5) is 0. The highest BCUT2D eigenvalue weighted by molar-refractivity contribution is 14.1. The van der Waals surface area contributed by atoms with Crippen molar-refractivity contribution in [2.24, 2.45) is 5.10 Å². The number of halogens is 2. The van der Waals surface area contributed by atoms with Crippen LogP contribution in [0.1, 0.15) is 5.56 Å². The van der Waals surface area contributed by atoms with E-state index in [2.05, 4.69) is 49.0 Å². The second-order valence-corrected chi connectivity index (χ2v) is 5.82. The van der Waals surface area contributed by atoms with Crippen molar-refractivity contribution in [3.05, 3.63) is 56.1 Å². The molecule has 98 valence electrons. The topological polar surface area (TPSA) is 33.6 Å². The Balaban J connectivity index is 2.19. The minimum atomic E-state index is 0.822. The van der Waals surface area contributed by atoms with Crippen molar-refractivity contribution in [2.75, 3.05) is 12.5 Å². The Morgan fingerprint density at radius 2 is 2.00 bits per heavy atom. The zero-order valence-corrected chi connectivity index (χ0v) is 14.0. The third-order valence-corrected chi connectivity index (χ3v) is 3.67. The average molecular weight is 431 g/mol. The Labute approximate surface area is 134 Å². The van der Waals surface area contributed by atoms with Crippen molar-refractivity contribution in [3.8, 4) is 5.75 Å². The van der Waals surface area contributed by atoms with Crippen molar-refractivity contribution in [2.45, 2.75) is 0 Å². The van der Waals surface area contributed by atoms with Crippen LogP contribution in [0.5, 0.6) is 5.75 Å². The summed E-state index contributed by atoms with van der Waals surface area (Å²) in [5, 5.41) is 4.22. The number of para-hydroxylation sites is 1. The molecule has 3 nitrogen and oxygen atoms in total. The van der Waals surface area contributed by atoms with Crippen LogP contribution >= 0.6 is 38.5 Å². The minimum absolute atomic E-state index is 0.822. The molecule has 0 unspecified atom stereocenters. The van der Waals surface area contributed by atoms with Crippen molar-refractivity contribution in [1.29, 1.82) is 0 Å². The smallest absolute Gasteiger partial charge is 0.141 e. The van der Waals surface area contributed by atoms with Gasteiger partial charge in [0.1, 0.15) is 5.75 Å². The van der Waals surface area contributed by atoms with Gasteiger partial charge in [-0.05, 0) is 46.9 Å². The molecule has 0 saturated carbocycles. The fourth-order valence-electron chi connectivity index (χ4n) is 1.58. The van der Waals surface area contributed by atoms with E-state index in [1.165, 1.54) is 0 Å². The number of nitrogens with zero attached hydrogens (tertiary/aromatic N) is 1. The van der Waals surface area contributed by atoms with E-state index in [9.17, 15) is 0 Å². The highest BCUT2D eigenvalue weighted by Crippen LogP contribution is 2.28. The highest BCUT2D eigenvalue weighted by atomic mass is 127. The normalized spacial score (nSPS) is 10.7. The molecular formula is C14H12BrIN2O. The van der Waals surface area contributed by atoms with Gasteiger partial charge in [0, 0.05) is 10.0 Å². The molecule has 5 heteroatoms. The van der Waals surface area contributed by atoms with Crippen LogP contribution in [-0.2, 0) is 0 Å². The van der Waals surface area contributed by atoms with Gasteiger partial charge in [-0.1, -0.05) is 34.1 Å². The maximum atomic E-state index is 5.39. The fourth-order valence-corrected chi connectivity index (χ4v) is 3.35.